The predicted molar refractivity (Wildman–Crippen MR) is 178 cm³/mol. The number of carbonyl (C=O) groups is 5. The molecule has 2 fully saturated rings. The topological polar surface area (TPSA) is 180 Å². The van der Waals surface area contributed by atoms with E-state index in [4.69, 9.17) is 42.6 Å². The van der Waals surface area contributed by atoms with Gasteiger partial charge in [-0.3, -0.25) is 24.0 Å². The molecule has 1 heterocycles. The van der Waals surface area contributed by atoms with Gasteiger partial charge in [0.2, 0.25) is 12.4 Å². The van der Waals surface area contributed by atoms with Crippen molar-refractivity contribution >= 4 is 29.8 Å². The van der Waals surface area contributed by atoms with Crippen LogP contribution in [0.25, 0.3) is 0 Å². The third-order valence-corrected chi connectivity index (χ3v) is 8.76. The molecule has 2 aromatic carbocycles. The Kier molecular flexibility index (Phi) is 13.1. The molecule has 2 aliphatic rings. The lowest BCUT2D eigenvalue weighted by Crippen LogP contribution is -2.63. The summed E-state index contributed by atoms with van der Waals surface area (Å²) in [5.41, 5.74) is 1.03. The maximum Gasteiger partial charge on any atom is 0.303 e. The molecule has 0 aromatic heterocycles. The fraction of sp³-hybridized carbons (Fsp3) is 0.528. The zero-order valence-electron chi connectivity index (χ0n) is 29.8. The maximum absolute atomic E-state index is 13.5. The summed E-state index contributed by atoms with van der Waals surface area (Å²) in [7, 11) is 4.54. The number of rotatable bonds is 14. The number of nitrogens with one attached hydrogen (secondary N) is 1. The maximum atomic E-state index is 13.5. The van der Waals surface area contributed by atoms with Gasteiger partial charge in [0.1, 0.15) is 12.7 Å². The minimum Gasteiger partial charge on any atom is -0.493 e. The first-order valence-electron chi connectivity index (χ1n) is 16.5. The van der Waals surface area contributed by atoms with Gasteiger partial charge in [0.15, 0.2) is 35.2 Å². The van der Waals surface area contributed by atoms with Gasteiger partial charge in [0.25, 0.3) is 5.91 Å². The van der Waals surface area contributed by atoms with Gasteiger partial charge in [0, 0.05) is 45.2 Å². The van der Waals surface area contributed by atoms with E-state index in [1.807, 2.05) is 18.2 Å². The summed E-state index contributed by atoms with van der Waals surface area (Å²) >= 11 is 0. The smallest absolute Gasteiger partial charge is 0.303 e. The van der Waals surface area contributed by atoms with Crippen LogP contribution in [0.2, 0.25) is 0 Å². The van der Waals surface area contributed by atoms with E-state index in [0.29, 0.717) is 18.0 Å². The van der Waals surface area contributed by atoms with Gasteiger partial charge in [-0.2, -0.15) is 0 Å². The van der Waals surface area contributed by atoms with Crippen LogP contribution in [0.1, 0.15) is 69.3 Å². The SMILES string of the molecule is COc1ccc(C2(CNC(=O)c3ccc(O[C@@H]4O[C@H](COC(C)=O)[C@@H](OC(C)=O)[C@H](OC(C)=O)[C@@H]4OC(C)=O)c(OC)c3)CCCC2)cc1OC. The highest BCUT2D eigenvalue weighted by atomic mass is 16.7. The number of carbonyl (C=O) groups excluding carboxylic acids is 5. The lowest BCUT2D eigenvalue weighted by Gasteiger charge is -2.44. The van der Waals surface area contributed by atoms with Gasteiger partial charge in [-0.25, -0.2) is 0 Å². The van der Waals surface area contributed by atoms with Gasteiger partial charge < -0.3 is 47.9 Å². The van der Waals surface area contributed by atoms with Gasteiger partial charge in [-0.1, -0.05) is 18.9 Å². The Morgan fingerprint density at radius 1 is 0.706 bits per heavy atom. The number of hydrogen-bond acceptors (Lipinski definition) is 14. The van der Waals surface area contributed by atoms with Crippen molar-refractivity contribution < 1.29 is 66.6 Å². The van der Waals surface area contributed by atoms with Gasteiger partial charge in [0.05, 0.1) is 21.3 Å². The molecule has 1 saturated carbocycles. The van der Waals surface area contributed by atoms with Crippen LogP contribution < -0.4 is 24.3 Å². The molecule has 4 rings (SSSR count). The fourth-order valence-corrected chi connectivity index (χ4v) is 6.45. The highest BCUT2D eigenvalue weighted by Crippen LogP contribution is 2.43. The van der Waals surface area contributed by atoms with Crippen LogP contribution in [0.15, 0.2) is 36.4 Å². The Balaban J connectivity index is 1.59. The second-order valence-corrected chi connectivity index (χ2v) is 12.3. The largest absolute Gasteiger partial charge is 0.493 e. The molecule has 1 amide bonds. The van der Waals surface area contributed by atoms with E-state index in [-0.39, 0.29) is 28.4 Å². The van der Waals surface area contributed by atoms with Crippen LogP contribution in [0.5, 0.6) is 23.0 Å². The summed E-state index contributed by atoms with van der Waals surface area (Å²) in [5.74, 6) is -1.87. The van der Waals surface area contributed by atoms with E-state index in [1.165, 1.54) is 32.2 Å². The minimum absolute atomic E-state index is 0.0764. The number of amides is 1. The number of esters is 4. The Bertz CT molecular complexity index is 1590. The van der Waals surface area contributed by atoms with E-state index in [9.17, 15) is 24.0 Å². The van der Waals surface area contributed by atoms with E-state index < -0.39 is 61.2 Å². The molecule has 1 aliphatic heterocycles. The van der Waals surface area contributed by atoms with Crippen molar-refractivity contribution in [3.8, 4) is 23.0 Å². The summed E-state index contributed by atoms with van der Waals surface area (Å²) in [6.45, 7) is 4.52. The average Bonchev–Trinajstić information content (AvgIpc) is 3.58. The predicted octanol–water partition coefficient (Wildman–Crippen LogP) is 3.42. The standard InChI is InChI=1S/C36H45NO14/c1-20(38)46-18-30-31(47-21(2)39)32(48-22(3)40)33(49-23(4)41)35(51-30)50-27-12-10-24(16-28(27)44-6)34(42)37-19-36(14-8-9-15-36)25-11-13-26(43-5)29(17-25)45-7/h10-13,16-17,30-33,35H,8-9,14-15,18-19H2,1-7H3,(H,37,42)/t30-,31-,32+,33+,35-/m1/s1. The van der Waals surface area contributed by atoms with Crippen LogP contribution in [-0.2, 0) is 48.3 Å². The third kappa shape index (κ3) is 9.60. The first kappa shape index (κ1) is 38.7. The molecular weight excluding hydrogens is 670 g/mol. The van der Waals surface area contributed by atoms with Crippen molar-refractivity contribution in [3.05, 3.63) is 47.5 Å². The summed E-state index contributed by atoms with van der Waals surface area (Å²) < 4.78 is 50.2. The van der Waals surface area contributed by atoms with Crippen LogP contribution >= 0.6 is 0 Å². The Morgan fingerprint density at radius 2 is 1.27 bits per heavy atom. The lowest BCUT2D eigenvalue weighted by atomic mass is 9.78. The Hall–Kier alpha value is -5.05. The van der Waals surface area contributed by atoms with Gasteiger partial charge >= 0.3 is 23.9 Å². The molecule has 5 atom stereocenters. The van der Waals surface area contributed by atoms with Gasteiger partial charge in [-0.05, 0) is 48.7 Å². The van der Waals surface area contributed by atoms with Crippen LogP contribution in [0.3, 0.4) is 0 Å². The molecule has 15 nitrogen and oxygen atoms in total. The average molecular weight is 716 g/mol. The number of hydrogen-bond donors (Lipinski definition) is 1. The molecule has 15 heteroatoms. The number of methoxy groups -OCH3 is 3. The van der Waals surface area contributed by atoms with Crippen LogP contribution in [0, 0.1) is 0 Å². The third-order valence-electron chi connectivity index (χ3n) is 8.76. The fourth-order valence-electron chi connectivity index (χ4n) is 6.45. The summed E-state index contributed by atoms with van der Waals surface area (Å²) in [4.78, 5) is 61.6. The molecule has 0 unspecified atom stereocenters. The Labute approximate surface area is 296 Å². The van der Waals surface area contributed by atoms with Crippen molar-refractivity contribution in [2.75, 3.05) is 34.5 Å². The molecule has 1 saturated heterocycles. The number of ether oxygens (including phenoxy) is 9. The van der Waals surface area contributed by atoms with Crippen molar-refractivity contribution in [2.24, 2.45) is 0 Å². The van der Waals surface area contributed by atoms with Crippen molar-refractivity contribution in [1.82, 2.24) is 5.32 Å². The summed E-state index contributed by atoms with van der Waals surface area (Å²) in [6.07, 6.45) is -3.09. The minimum atomic E-state index is -1.48. The summed E-state index contributed by atoms with van der Waals surface area (Å²) in [6, 6.07) is 10.3. The van der Waals surface area contributed by atoms with E-state index in [1.54, 1.807) is 14.2 Å². The van der Waals surface area contributed by atoms with E-state index in [0.717, 1.165) is 52.0 Å². The lowest BCUT2D eigenvalue weighted by molar-refractivity contribution is -0.288. The van der Waals surface area contributed by atoms with Gasteiger partial charge in [-0.15, -0.1) is 0 Å². The first-order chi connectivity index (χ1) is 24.3. The highest BCUT2D eigenvalue weighted by Gasteiger charge is 2.53. The van der Waals surface area contributed by atoms with Crippen molar-refractivity contribution in [1.29, 1.82) is 0 Å². The van der Waals surface area contributed by atoms with Crippen LogP contribution in [0.4, 0.5) is 0 Å². The van der Waals surface area contributed by atoms with Crippen LogP contribution in [-0.4, -0.2) is 95.0 Å². The second kappa shape index (κ2) is 17.2. The molecule has 2 aromatic rings. The second-order valence-electron chi connectivity index (χ2n) is 12.3. The zero-order valence-corrected chi connectivity index (χ0v) is 29.8. The normalized spacial score (nSPS) is 22.1. The molecular formula is C36H45NO14. The first-order valence-corrected chi connectivity index (χ1v) is 16.5. The quantitative estimate of drug-likeness (QED) is 0.222. The molecule has 51 heavy (non-hydrogen) atoms. The highest BCUT2D eigenvalue weighted by molar-refractivity contribution is 5.95. The molecule has 278 valence electrons. The Morgan fingerprint density at radius 3 is 1.86 bits per heavy atom. The number of benzene rings is 2. The monoisotopic (exact) mass is 715 g/mol. The van der Waals surface area contributed by atoms with E-state index >= 15 is 0 Å². The molecule has 0 bridgehead atoms. The molecule has 0 radical (unpaired) electrons. The van der Waals surface area contributed by atoms with Crippen molar-refractivity contribution in [2.45, 2.75) is 89.5 Å². The molecule has 0 spiro atoms. The zero-order chi connectivity index (χ0) is 37.3. The summed E-state index contributed by atoms with van der Waals surface area (Å²) in [5, 5.41) is 3.08. The molecule has 1 N–H and O–H groups in total. The molecule has 1 aliphatic carbocycles. The van der Waals surface area contributed by atoms with Crippen molar-refractivity contribution in [3.63, 3.8) is 0 Å². The van der Waals surface area contributed by atoms with E-state index in [2.05, 4.69) is 5.32 Å².